The third kappa shape index (κ3) is 4.42. The Balaban J connectivity index is 1.94. The van der Waals surface area contributed by atoms with Gasteiger partial charge in [-0.3, -0.25) is 19.5 Å². The number of ketones is 1. The number of rotatable bonds is 5. The van der Waals surface area contributed by atoms with Gasteiger partial charge in [0.25, 0.3) is 11.7 Å². The fraction of sp³-hybridized carbons (Fsp3) is 0.250. The van der Waals surface area contributed by atoms with Crippen LogP contribution in [0.1, 0.15) is 43.6 Å². The summed E-state index contributed by atoms with van der Waals surface area (Å²) in [6, 6.07) is 14.6. The maximum atomic E-state index is 13.4. The normalized spacial score (nSPS) is 17.4. The number of methoxy groups -OCH3 is 2. The van der Waals surface area contributed by atoms with E-state index < -0.39 is 23.5 Å². The molecule has 0 bridgehead atoms. The van der Waals surface area contributed by atoms with Crippen LogP contribution in [-0.2, 0) is 15.0 Å². The SMILES string of the molecule is COc1cc(OC)c(/C(O)=C2\C(=O)C(=O)N(c3ccc(C(C)(C)C)cc3)C2c2ccccn2)cc1Cl. The van der Waals surface area contributed by atoms with Crippen molar-refractivity contribution in [2.75, 3.05) is 19.1 Å². The van der Waals surface area contributed by atoms with Gasteiger partial charge in [0.05, 0.1) is 36.1 Å². The summed E-state index contributed by atoms with van der Waals surface area (Å²) in [4.78, 5) is 32.5. The molecule has 0 spiro atoms. The van der Waals surface area contributed by atoms with Crippen LogP contribution in [0.25, 0.3) is 5.76 Å². The average molecular weight is 507 g/mol. The third-order valence-electron chi connectivity index (χ3n) is 6.15. The fourth-order valence-electron chi connectivity index (χ4n) is 4.23. The van der Waals surface area contributed by atoms with Gasteiger partial charge in [-0.15, -0.1) is 0 Å². The smallest absolute Gasteiger partial charge is 0.300 e. The molecular weight excluding hydrogens is 480 g/mol. The molecule has 1 atom stereocenters. The lowest BCUT2D eigenvalue weighted by Crippen LogP contribution is -2.30. The number of aliphatic hydroxyl groups is 1. The van der Waals surface area contributed by atoms with Crippen molar-refractivity contribution >= 4 is 34.7 Å². The number of halogens is 1. The lowest BCUT2D eigenvalue weighted by atomic mass is 9.87. The van der Waals surface area contributed by atoms with E-state index >= 15 is 0 Å². The van der Waals surface area contributed by atoms with E-state index in [1.54, 1.807) is 36.5 Å². The number of benzene rings is 2. The summed E-state index contributed by atoms with van der Waals surface area (Å²) in [5, 5.41) is 11.6. The standard InChI is InChI=1S/C28H27ClN2O5/c1-28(2,3)16-9-11-17(12-10-16)31-24(20-8-6-7-13-30-20)23(26(33)27(31)34)25(32)18-14-19(29)22(36-5)15-21(18)35-4/h6-15,24,32H,1-5H3/b25-23+. The van der Waals surface area contributed by atoms with Crippen LogP contribution < -0.4 is 14.4 Å². The van der Waals surface area contributed by atoms with Crippen LogP contribution in [0.15, 0.2) is 66.4 Å². The molecule has 4 rings (SSSR count). The number of amides is 1. The highest BCUT2D eigenvalue weighted by Crippen LogP contribution is 2.44. The van der Waals surface area contributed by atoms with Crippen LogP contribution in [0.5, 0.6) is 11.5 Å². The first-order valence-corrected chi connectivity index (χ1v) is 11.7. The number of hydrogen-bond donors (Lipinski definition) is 1. The molecule has 1 fully saturated rings. The van der Waals surface area contributed by atoms with Crippen LogP contribution in [0.4, 0.5) is 5.69 Å². The second-order valence-electron chi connectivity index (χ2n) is 9.41. The topological polar surface area (TPSA) is 89.0 Å². The molecule has 0 aliphatic carbocycles. The maximum absolute atomic E-state index is 13.4. The monoisotopic (exact) mass is 506 g/mol. The summed E-state index contributed by atoms with van der Waals surface area (Å²) < 4.78 is 10.7. The molecule has 1 amide bonds. The van der Waals surface area contributed by atoms with Gasteiger partial charge in [0.1, 0.15) is 23.3 Å². The molecule has 1 N–H and O–H groups in total. The van der Waals surface area contributed by atoms with E-state index in [2.05, 4.69) is 25.8 Å². The Bertz CT molecular complexity index is 1340. The molecule has 1 saturated heterocycles. The molecule has 8 heteroatoms. The summed E-state index contributed by atoms with van der Waals surface area (Å²) in [5.41, 5.74) is 1.98. The largest absolute Gasteiger partial charge is 0.507 e. The molecule has 1 aliphatic heterocycles. The van der Waals surface area contributed by atoms with Gasteiger partial charge in [-0.05, 0) is 41.3 Å². The Morgan fingerprint density at radius 2 is 1.67 bits per heavy atom. The van der Waals surface area contributed by atoms with Crippen molar-refractivity contribution in [3.05, 3.63) is 88.2 Å². The quantitative estimate of drug-likeness (QED) is 0.272. The van der Waals surface area contributed by atoms with Crippen molar-refractivity contribution in [2.24, 2.45) is 0 Å². The van der Waals surface area contributed by atoms with Gasteiger partial charge < -0.3 is 14.6 Å². The van der Waals surface area contributed by atoms with Crippen LogP contribution in [0, 0.1) is 0 Å². The van der Waals surface area contributed by atoms with Crippen LogP contribution >= 0.6 is 11.6 Å². The summed E-state index contributed by atoms with van der Waals surface area (Å²) in [6.07, 6.45) is 1.57. The van der Waals surface area contributed by atoms with Gasteiger partial charge in [0.2, 0.25) is 0 Å². The van der Waals surface area contributed by atoms with Crippen molar-refractivity contribution in [1.82, 2.24) is 4.98 Å². The zero-order valence-corrected chi connectivity index (χ0v) is 21.5. The van der Waals surface area contributed by atoms with Gasteiger partial charge in [-0.25, -0.2) is 0 Å². The number of anilines is 1. The van der Waals surface area contributed by atoms with Gasteiger partial charge >= 0.3 is 0 Å². The van der Waals surface area contributed by atoms with Gasteiger partial charge in [0.15, 0.2) is 0 Å². The molecule has 0 radical (unpaired) electrons. The van der Waals surface area contributed by atoms with Gasteiger partial charge in [-0.1, -0.05) is 50.6 Å². The van der Waals surface area contributed by atoms with E-state index in [1.807, 2.05) is 12.1 Å². The molecule has 2 heterocycles. The zero-order valence-electron chi connectivity index (χ0n) is 20.7. The number of carbonyl (C=O) groups excluding carboxylic acids is 2. The number of hydrogen-bond acceptors (Lipinski definition) is 6. The Labute approximate surface area is 214 Å². The Kier molecular flexibility index (Phi) is 6.78. The van der Waals surface area contributed by atoms with Crippen LogP contribution in [-0.4, -0.2) is 36.0 Å². The highest BCUT2D eigenvalue weighted by atomic mass is 35.5. The first-order valence-electron chi connectivity index (χ1n) is 11.3. The number of nitrogens with zero attached hydrogens (tertiary/aromatic N) is 2. The Morgan fingerprint density at radius 1 is 1.00 bits per heavy atom. The van der Waals surface area contributed by atoms with Crippen molar-refractivity contribution in [3.63, 3.8) is 0 Å². The van der Waals surface area contributed by atoms with Crippen molar-refractivity contribution < 1.29 is 24.2 Å². The number of carbonyl (C=O) groups is 2. The van der Waals surface area contributed by atoms with E-state index in [0.717, 1.165) is 5.56 Å². The summed E-state index contributed by atoms with van der Waals surface area (Å²) in [7, 11) is 2.88. The van der Waals surface area contributed by atoms with Crippen LogP contribution in [0.2, 0.25) is 5.02 Å². The van der Waals surface area contributed by atoms with Crippen LogP contribution in [0.3, 0.4) is 0 Å². The van der Waals surface area contributed by atoms with E-state index in [9.17, 15) is 14.7 Å². The number of pyridine rings is 1. The van der Waals surface area contributed by atoms with E-state index in [0.29, 0.717) is 17.1 Å². The molecule has 1 aliphatic rings. The minimum atomic E-state index is -0.961. The van der Waals surface area contributed by atoms with Crippen molar-refractivity contribution in [1.29, 1.82) is 0 Å². The second kappa shape index (κ2) is 9.66. The summed E-state index contributed by atoms with van der Waals surface area (Å²) >= 11 is 6.31. The number of aromatic nitrogens is 1. The molecule has 186 valence electrons. The zero-order chi connectivity index (χ0) is 26.2. The Morgan fingerprint density at radius 3 is 2.22 bits per heavy atom. The molecular formula is C28H27ClN2O5. The van der Waals surface area contributed by atoms with Crippen molar-refractivity contribution in [2.45, 2.75) is 32.2 Å². The lowest BCUT2D eigenvalue weighted by molar-refractivity contribution is -0.132. The third-order valence-corrected chi connectivity index (χ3v) is 6.45. The summed E-state index contributed by atoms with van der Waals surface area (Å²) in [6.45, 7) is 6.28. The highest BCUT2D eigenvalue weighted by Gasteiger charge is 2.48. The predicted octanol–water partition coefficient (Wildman–Crippen LogP) is 5.68. The molecule has 36 heavy (non-hydrogen) atoms. The minimum Gasteiger partial charge on any atom is -0.507 e. The molecule has 3 aromatic rings. The fourth-order valence-corrected chi connectivity index (χ4v) is 4.47. The van der Waals surface area contributed by atoms with Gasteiger partial charge in [0, 0.05) is 18.0 Å². The highest BCUT2D eigenvalue weighted by molar-refractivity contribution is 6.51. The first-order chi connectivity index (χ1) is 17.1. The lowest BCUT2D eigenvalue weighted by Gasteiger charge is -2.26. The number of ether oxygens (including phenoxy) is 2. The molecule has 1 aromatic heterocycles. The first kappa shape index (κ1) is 25.3. The Hall–Kier alpha value is -3.84. The molecule has 7 nitrogen and oxygen atoms in total. The molecule has 1 unspecified atom stereocenters. The number of Topliss-reactive ketones (excluding diaryl/α,β-unsaturated/α-hetero) is 1. The maximum Gasteiger partial charge on any atom is 0.300 e. The summed E-state index contributed by atoms with van der Waals surface area (Å²) in [5.74, 6) is -1.45. The average Bonchev–Trinajstić information content (AvgIpc) is 3.13. The predicted molar refractivity (Wildman–Crippen MR) is 139 cm³/mol. The minimum absolute atomic E-state index is 0.0860. The van der Waals surface area contributed by atoms with Crippen molar-refractivity contribution in [3.8, 4) is 11.5 Å². The second-order valence-corrected chi connectivity index (χ2v) is 9.81. The number of aliphatic hydroxyl groups excluding tert-OH is 1. The van der Waals surface area contributed by atoms with E-state index in [4.69, 9.17) is 21.1 Å². The molecule has 2 aromatic carbocycles. The van der Waals surface area contributed by atoms with E-state index in [1.165, 1.54) is 31.3 Å². The van der Waals surface area contributed by atoms with E-state index in [-0.39, 0.29) is 27.3 Å². The molecule has 0 saturated carbocycles. The van der Waals surface area contributed by atoms with Gasteiger partial charge in [-0.2, -0.15) is 0 Å².